The standard InChI is InChI=1S/C16H28N2O/c1-5-19-16-8-6-14(7-9-16)13(4)18-11-15(10-17)12(2)3/h6-9,12-13,15,18H,5,10-11,17H2,1-4H3. The molecule has 0 radical (unpaired) electrons. The van der Waals surface area contributed by atoms with Crippen molar-refractivity contribution >= 4 is 0 Å². The highest BCUT2D eigenvalue weighted by Crippen LogP contribution is 2.18. The third kappa shape index (κ3) is 5.21. The second-order valence-electron chi connectivity index (χ2n) is 5.37. The quantitative estimate of drug-likeness (QED) is 0.759. The number of nitrogens with two attached hydrogens (primary N) is 1. The Morgan fingerprint density at radius 2 is 1.79 bits per heavy atom. The maximum atomic E-state index is 5.80. The van der Waals surface area contributed by atoms with Crippen LogP contribution in [-0.2, 0) is 0 Å². The molecule has 0 aliphatic heterocycles. The Hall–Kier alpha value is -1.06. The highest BCUT2D eigenvalue weighted by molar-refractivity contribution is 5.28. The van der Waals surface area contributed by atoms with E-state index in [1.165, 1.54) is 5.56 Å². The van der Waals surface area contributed by atoms with E-state index < -0.39 is 0 Å². The van der Waals surface area contributed by atoms with Gasteiger partial charge in [-0.2, -0.15) is 0 Å². The fourth-order valence-corrected chi connectivity index (χ4v) is 2.06. The van der Waals surface area contributed by atoms with Gasteiger partial charge in [-0.25, -0.2) is 0 Å². The second kappa shape index (κ2) is 8.18. The average Bonchev–Trinajstić information content (AvgIpc) is 2.40. The minimum Gasteiger partial charge on any atom is -0.494 e. The van der Waals surface area contributed by atoms with Crippen molar-refractivity contribution in [3.8, 4) is 5.75 Å². The van der Waals surface area contributed by atoms with Gasteiger partial charge in [-0.1, -0.05) is 26.0 Å². The van der Waals surface area contributed by atoms with E-state index in [1.54, 1.807) is 0 Å². The summed E-state index contributed by atoms with van der Waals surface area (Å²) in [6.07, 6.45) is 0. The van der Waals surface area contributed by atoms with E-state index in [1.807, 2.05) is 19.1 Å². The second-order valence-corrected chi connectivity index (χ2v) is 5.37. The third-order valence-electron chi connectivity index (χ3n) is 3.62. The van der Waals surface area contributed by atoms with Gasteiger partial charge in [0.25, 0.3) is 0 Å². The van der Waals surface area contributed by atoms with Gasteiger partial charge >= 0.3 is 0 Å². The van der Waals surface area contributed by atoms with Crippen LogP contribution < -0.4 is 15.8 Å². The summed E-state index contributed by atoms with van der Waals surface area (Å²) in [4.78, 5) is 0. The van der Waals surface area contributed by atoms with Crippen molar-refractivity contribution in [3.63, 3.8) is 0 Å². The summed E-state index contributed by atoms with van der Waals surface area (Å²) >= 11 is 0. The minimum absolute atomic E-state index is 0.337. The maximum absolute atomic E-state index is 5.80. The molecule has 0 aliphatic rings. The summed E-state index contributed by atoms with van der Waals surface area (Å²) in [6, 6.07) is 8.63. The lowest BCUT2D eigenvalue weighted by Gasteiger charge is -2.22. The van der Waals surface area contributed by atoms with Gasteiger partial charge in [0.05, 0.1) is 6.61 Å². The van der Waals surface area contributed by atoms with Crippen LogP contribution in [0.15, 0.2) is 24.3 Å². The van der Waals surface area contributed by atoms with Crippen LogP contribution in [0.4, 0.5) is 0 Å². The van der Waals surface area contributed by atoms with Gasteiger partial charge in [0.1, 0.15) is 5.75 Å². The zero-order chi connectivity index (χ0) is 14.3. The van der Waals surface area contributed by atoms with Crippen molar-refractivity contribution < 1.29 is 4.74 Å². The van der Waals surface area contributed by atoms with Crippen LogP contribution in [0.25, 0.3) is 0 Å². The van der Waals surface area contributed by atoms with E-state index in [0.717, 1.165) is 18.8 Å². The van der Waals surface area contributed by atoms with Gasteiger partial charge in [0, 0.05) is 6.04 Å². The van der Waals surface area contributed by atoms with Crippen LogP contribution in [0.2, 0.25) is 0 Å². The summed E-state index contributed by atoms with van der Waals surface area (Å²) < 4.78 is 5.45. The Morgan fingerprint density at radius 1 is 1.16 bits per heavy atom. The van der Waals surface area contributed by atoms with E-state index in [2.05, 4.69) is 38.2 Å². The molecule has 0 fully saturated rings. The molecule has 0 saturated carbocycles. The number of nitrogens with one attached hydrogen (secondary N) is 1. The van der Waals surface area contributed by atoms with E-state index >= 15 is 0 Å². The zero-order valence-corrected chi connectivity index (χ0v) is 12.6. The lowest BCUT2D eigenvalue weighted by atomic mass is 9.95. The first-order chi connectivity index (χ1) is 9.08. The Kier molecular flexibility index (Phi) is 6.89. The Bertz CT molecular complexity index is 348. The van der Waals surface area contributed by atoms with Crippen molar-refractivity contribution in [1.29, 1.82) is 0 Å². The van der Waals surface area contributed by atoms with Gasteiger partial charge in [-0.15, -0.1) is 0 Å². The first kappa shape index (κ1) is 16.0. The summed E-state index contributed by atoms with van der Waals surface area (Å²) in [6.45, 7) is 11.0. The van der Waals surface area contributed by atoms with Crippen LogP contribution in [0.5, 0.6) is 5.75 Å². The molecule has 0 bridgehead atoms. The van der Waals surface area contributed by atoms with E-state index in [0.29, 0.717) is 24.5 Å². The molecule has 2 unspecified atom stereocenters. The Labute approximate surface area is 117 Å². The van der Waals surface area contributed by atoms with Gasteiger partial charge in [0.2, 0.25) is 0 Å². The fourth-order valence-electron chi connectivity index (χ4n) is 2.06. The maximum Gasteiger partial charge on any atom is 0.119 e. The van der Waals surface area contributed by atoms with Crippen LogP contribution in [0.1, 0.15) is 39.3 Å². The Balaban J connectivity index is 2.50. The lowest BCUT2D eigenvalue weighted by Crippen LogP contribution is -2.33. The largest absolute Gasteiger partial charge is 0.494 e. The summed E-state index contributed by atoms with van der Waals surface area (Å²) in [5, 5.41) is 3.56. The molecule has 108 valence electrons. The molecular weight excluding hydrogens is 236 g/mol. The van der Waals surface area contributed by atoms with Crippen LogP contribution in [0.3, 0.4) is 0 Å². The Morgan fingerprint density at radius 3 is 2.26 bits per heavy atom. The van der Waals surface area contributed by atoms with Crippen molar-refractivity contribution in [2.24, 2.45) is 17.6 Å². The molecule has 0 amide bonds. The highest BCUT2D eigenvalue weighted by atomic mass is 16.5. The van der Waals surface area contributed by atoms with Crippen LogP contribution in [0, 0.1) is 11.8 Å². The molecule has 19 heavy (non-hydrogen) atoms. The van der Waals surface area contributed by atoms with Crippen molar-refractivity contribution in [1.82, 2.24) is 5.32 Å². The zero-order valence-electron chi connectivity index (χ0n) is 12.6. The number of hydrogen-bond acceptors (Lipinski definition) is 3. The molecule has 0 aliphatic carbocycles. The van der Waals surface area contributed by atoms with Crippen molar-refractivity contribution in [2.45, 2.75) is 33.7 Å². The average molecular weight is 264 g/mol. The van der Waals surface area contributed by atoms with Gasteiger partial charge in [-0.05, 0) is 56.5 Å². The molecule has 0 heterocycles. The lowest BCUT2D eigenvalue weighted by molar-refractivity contribution is 0.339. The molecule has 3 nitrogen and oxygen atoms in total. The van der Waals surface area contributed by atoms with Crippen LogP contribution in [-0.4, -0.2) is 19.7 Å². The monoisotopic (exact) mass is 264 g/mol. The number of hydrogen-bond donors (Lipinski definition) is 2. The number of ether oxygens (including phenoxy) is 1. The smallest absolute Gasteiger partial charge is 0.119 e. The molecule has 0 spiro atoms. The molecule has 1 rings (SSSR count). The predicted octanol–water partition coefficient (Wildman–Crippen LogP) is 2.97. The van der Waals surface area contributed by atoms with Gasteiger partial charge in [0.15, 0.2) is 0 Å². The van der Waals surface area contributed by atoms with E-state index in [9.17, 15) is 0 Å². The topological polar surface area (TPSA) is 47.3 Å². The van der Waals surface area contributed by atoms with E-state index in [-0.39, 0.29) is 0 Å². The van der Waals surface area contributed by atoms with Crippen molar-refractivity contribution in [3.05, 3.63) is 29.8 Å². The highest BCUT2D eigenvalue weighted by Gasteiger charge is 2.13. The molecule has 0 aromatic heterocycles. The molecule has 3 heteroatoms. The first-order valence-electron chi connectivity index (χ1n) is 7.24. The number of benzene rings is 1. The first-order valence-corrected chi connectivity index (χ1v) is 7.24. The van der Waals surface area contributed by atoms with Gasteiger partial charge < -0.3 is 15.8 Å². The SMILES string of the molecule is CCOc1ccc(C(C)NCC(CN)C(C)C)cc1. The predicted molar refractivity (Wildman–Crippen MR) is 81.4 cm³/mol. The molecule has 0 saturated heterocycles. The normalized spacial score (nSPS) is 14.4. The molecule has 1 aromatic carbocycles. The van der Waals surface area contributed by atoms with Gasteiger partial charge in [-0.3, -0.25) is 0 Å². The summed E-state index contributed by atoms with van der Waals surface area (Å²) in [5.74, 6) is 2.08. The summed E-state index contributed by atoms with van der Waals surface area (Å²) in [5.41, 5.74) is 7.08. The molecule has 3 N–H and O–H groups in total. The molecule has 2 atom stereocenters. The fraction of sp³-hybridized carbons (Fsp3) is 0.625. The minimum atomic E-state index is 0.337. The number of rotatable bonds is 8. The summed E-state index contributed by atoms with van der Waals surface area (Å²) in [7, 11) is 0. The van der Waals surface area contributed by atoms with Crippen molar-refractivity contribution in [2.75, 3.05) is 19.7 Å². The third-order valence-corrected chi connectivity index (χ3v) is 3.62. The van der Waals surface area contributed by atoms with Crippen LogP contribution >= 0.6 is 0 Å². The molecular formula is C16H28N2O. The molecule has 1 aromatic rings. The van der Waals surface area contributed by atoms with E-state index in [4.69, 9.17) is 10.5 Å².